The first-order valence-electron chi connectivity index (χ1n) is 7.40. The molecule has 10 heteroatoms. The van der Waals surface area contributed by atoms with Gasteiger partial charge in [0.1, 0.15) is 10.0 Å². The average Bonchev–Trinajstić information content (AvgIpc) is 3.20. The van der Waals surface area contributed by atoms with Gasteiger partial charge in [-0.05, 0) is 29.2 Å². The number of hydrogen-bond donors (Lipinski definition) is 0. The van der Waals surface area contributed by atoms with Crippen LogP contribution in [0.4, 0.5) is 5.95 Å². The van der Waals surface area contributed by atoms with Gasteiger partial charge in [-0.2, -0.15) is 0 Å². The Morgan fingerprint density at radius 1 is 1.32 bits per heavy atom. The molecule has 0 aromatic carbocycles. The first kappa shape index (κ1) is 14.3. The van der Waals surface area contributed by atoms with E-state index in [1.165, 1.54) is 24.4 Å². The third-order valence-corrected chi connectivity index (χ3v) is 5.58. The molecule has 2 aromatic rings. The Morgan fingerprint density at radius 3 is 2.95 bits per heavy atom. The van der Waals surface area contributed by atoms with E-state index in [1.54, 1.807) is 4.68 Å². The van der Waals surface area contributed by atoms with E-state index >= 15 is 0 Å². The Balaban J connectivity index is 1.51. The van der Waals surface area contributed by atoms with Crippen LogP contribution in [0.1, 0.15) is 18.5 Å². The van der Waals surface area contributed by atoms with Gasteiger partial charge in [0.25, 0.3) is 0 Å². The van der Waals surface area contributed by atoms with Crippen molar-refractivity contribution in [2.24, 2.45) is 13.0 Å². The van der Waals surface area contributed by atoms with Gasteiger partial charge in [-0.1, -0.05) is 21.2 Å². The van der Waals surface area contributed by atoms with E-state index in [1.807, 2.05) is 7.05 Å². The predicted molar refractivity (Wildman–Crippen MR) is 82.9 cm³/mol. The minimum absolute atomic E-state index is 0.462. The second kappa shape index (κ2) is 5.71. The number of aryl methyl sites for hydroxylation is 1. The van der Waals surface area contributed by atoms with E-state index in [4.69, 9.17) is 11.6 Å². The second-order valence-corrected chi connectivity index (χ2v) is 7.31. The lowest BCUT2D eigenvalue weighted by Gasteiger charge is -2.36. The number of aromatic nitrogens is 6. The van der Waals surface area contributed by atoms with E-state index in [9.17, 15) is 0 Å². The van der Waals surface area contributed by atoms with Crippen molar-refractivity contribution in [3.8, 4) is 0 Å². The molecule has 4 rings (SSSR count). The summed E-state index contributed by atoms with van der Waals surface area (Å²) in [6, 6.07) is 0.462. The molecule has 0 N–H and O–H groups in total. The van der Waals surface area contributed by atoms with E-state index in [0.717, 1.165) is 37.8 Å². The maximum Gasteiger partial charge on any atom is 0.245 e. The van der Waals surface area contributed by atoms with Gasteiger partial charge in [-0.25, -0.2) is 4.68 Å². The summed E-state index contributed by atoms with van der Waals surface area (Å²) in [5.41, 5.74) is 0.886. The lowest BCUT2D eigenvalue weighted by molar-refractivity contribution is 0.309. The second-order valence-electron chi connectivity index (χ2n) is 5.95. The van der Waals surface area contributed by atoms with Gasteiger partial charge in [0, 0.05) is 50.8 Å². The van der Waals surface area contributed by atoms with Crippen LogP contribution in [-0.4, -0.2) is 60.4 Å². The summed E-state index contributed by atoms with van der Waals surface area (Å²) in [6.45, 7) is 3.85. The molecule has 22 heavy (non-hydrogen) atoms. The van der Waals surface area contributed by atoms with Crippen LogP contribution in [0, 0.1) is 5.92 Å². The number of fused-ring (bicyclic) bond motifs is 1. The Hall–Kier alpha value is -1.32. The van der Waals surface area contributed by atoms with Crippen LogP contribution in [0.25, 0.3) is 0 Å². The minimum atomic E-state index is 0.462. The summed E-state index contributed by atoms with van der Waals surface area (Å²) in [5.74, 6) is 1.51. The normalized spacial score (nSPS) is 25.6. The zero-order valence-corrected chi connectivity index (χ0v) is 13.8. The number of anilines is 1. The van der Waals surface area contributed by atoms with Crippen LogP contribution in [0.5, 0.6) is 0 Å². The fraction of sp³-hybridized carbons (Fsp3) is 0.750. The molecule has 0 amide bonds. The lowest BCUT2D eigenvalue weighted by Crippen LogP contribution is -2.46. The van der Waals surface area contributed by atoms with Crippen LogP contribution in [-0.2, 0) is 13.6 Å². The Morgan fingerprint density at radius 2 is 2.23 bits per heavy atom. The van der Waals surface area contributed by atoms with Crippen LogP contribution in [0.2, 0.25) is 4.34 Å². The SMILES string of the molecule is Cn1nnnc1N1CCC[C@H]2CN(Cc3nnsc3Cl)C[C@H]21. The topological polar surface area (TPSA) is 75.9 Å². The molecule has 0 unspecified atom stereocenters. The molecule has 2 fully saturated rings. The molecule has 2 saturated heterocycles. The summed E-state index contributed by atoms with van der Waals surface area (Å²) in [5, 5.41) is 16.0. The maximum absolute atomic E-state index is 6.13. The number of likely N-dealkylation sites (tertiary alicyclic amines) is 1. The molecule has 118 valence electrons. The van der Waals surface area contributed by atoms with Crippen LogP contribution in [0.3, 0.4) is 0 Å². The van der Waals surface area contributed by atoms with Crippen molar-refractivity contribution in [2.45, 2.75) is 25.4 Å². The minimum Gasteiger partial charge on any atom is -0.335 e. The Bertz CT molecular complexity index is 657. The molecule has 0 aliphatic carbocycles. The van der Waals surface area contributed by atoms with Crippen LogP contribution in [0.15, 0.2) is 0 Å². The van der Waals surface area contributed by atoms with Gasteiger partial charge in [-0.15, -0.1) is 5.10 Å². The number of nitrogens with zero attached hydrogens (tertiary/aromatic N) is 8. The highest BCUT2D eigenvalue weighted by atomic mass is 35.5. The Labute approximate surface area is 137 Å². The fourth-order valence-electron chi connectivity index (χ4n) is 3.62. The monoisotopic (exact) mass is 340 g/mol. The molecule has 2 aliphatic rings. The molecular formula is C12H17ClN8S. The highest BCUT2D eigenvalue weighted by Crippen LogP contribution is 2.33. The number of rotatable bonds is 3. The highest BCUT2D eigenvalue weighted by molar-refractivity contribution is 7.10. The predicted octanol–water partition coefficient (Wildman–Crippen LogP) is 0.816. The molecule has 0 saturated carbocycles. The molecule has 2 aromatic heterocycles. The van der Waals surface area contributed by atoms with E-state index in [2.05, 4.69) is 34.9 Å². The van der Waals surface area contributed by atoms with Crippen molar-refractivity contribution in [3.05, 3.63) is 10.0 Å². The van der Waals surface area contributed by atoms with Gasteiger partial charge in [0.2, 0.25) is 5.95 Å². The highest BCUT2D eigenvalue weighted by Gasteiger charge is 2.40. The van der Waals surface area contributed by atoms with Crippen molar-refractivity contribution in [3.63, 3.8) is 0 Å². The average molecular weight is 341 g/mol. The van der Waals surface area contributed by atoms with Gasteiger partial charge >= 0.3 is 0 Å². The molecular weight excluding hydrogens is 324 g/mol. The van der Waals surface area contributed by atoms with Gasteiger partial charge in [0.15, 0.2) is 0 Å². The summed E-state index contributed by atoms with van der Waals surface area (Å²) in [4.78, 5) is 4.77. The Kier molecular flexibility index (Phi) is 3.71. The summed E-state index contributed by atoms with van der Waals surface area (Å²) >= 11 is 7.38. The number of hydrogen-bond acceptors (Lipinski definition) is 8. The van der Waals surface area contributed by atoms with Crippen molar-refractivity contribution in [1.29, 1.82) is 0 Å². The van der Waals surface area contributed by atoms with E-state index in [0.29, 0.717) is 16.3 Å². The maximum atomic E-state index is 6.13. The summed E-state index contributed by atoms with van der Waals surface area (Å²) in [6.07, 6.45) is 2.44. The zero-order valence-electron chi connectivity index (χ0n) is 12.3. The van der Waals surface area contributed by atoms with Crippen LogP contribution >= 0.6 is 23.1 Å². The van der Waals surface area contributed by atoms with Crippen molar-refractivity contribution in [1.82, 2.24) is 34.7 Å². The van der Waals surface area contributed by atoms with Crippen molar-refractivity contribution >= 4 is 29.1 Å². The molecule has 0 bridgehead atoms. The molecule has 0 spiro atoms. The fourth-order valence-corrected chi connectivity index (χ4v) is 4.23. The number of tetrazole rings is 1. The first-order chi connectivity index (χ1) is 10.7. The number of halogens is 1. The lowest BCUT2D eigenvalue weighted by atomic mass is 9.92. The van der Waals surface area contributed by atoms with E-state index in [-0.39, 0.29) is 0 Å². The summed E-state index contributed by atoms with van der Waals surface area (Å²) < 4.78 is 6.37. The zero-order chi connectivity index (χ0) is 15.1. The molecule has 2 aliphatic heterocycles. The summed E-state index contributed by atoms with van der Waals surface area (Å²) in [7, 11) is 1.90. The van der Waals surface area contributed by atoms with Crippen LogP contribution < -0.4 is 4.90 Å². The third-order valence-electron chi connectivity index (χ3n) is 4.59. The van der Waals surface area contributed by atoms with Crippen molar-refractivity contribution in [2.75, 3.05) is 24.5 Å². The quantitative estimate of drug-likeness (QED) is 0.818. The van der Waals surface area contributed by atoms with Crippen molar-refractivity contribution < 1.29 is 0 Å². The molecule has 0 radical (unpaired) electrons. The largest absolute Gasteiger partial charge is 0.335 e. The number of piperidine rings is 1. The van der Waals surface area contributed by atoms with E-state index < -0.39 is 0 Å². The standard InChI is InChI=1S/C12H17ClN8S/c1-19-12(15-16-17-19)21-4-2-3-8-5-20(7-10(8)21)6-9-11(13)22-18-14-9/h8,10H,2-7H2,1H3/t8-,10+/m0/s1. The molecule has 2 atom stereocenters. The van der Waals surface area contributed by atoms with Gasteiger partial charge in [0.05, 0.1) is 0 Å². The molecule has 8 nitrogen and oxygen atoms in total. The third kappa shape index (κ3) is 2.46. The molecule has 4 heterocycles. The smallest absolute Gasteiger partial charge is 0.245 e. The first-order valence-corrected chi connectivity index (χ1v) is 8.55. The van der Waals surface area contributed by atoms with Gasteiger partial charge < -0.3 is 4.90 Å². The van der Waals surface area contributed by atoms with Gasteiger partial charge in [-0.3, -0.25) is 4.90 Å².